The van der Waals surface area contributed by atoms with Gasteiger partial charge in [0.1, 0.15) is 10.7 Å². The Bertz CT molecular complexity index is 1090. The van der Waals surface area contributed by atoms with Crippen LogP contribution in [0, 0.1) is 10.1 Å². The van der Waals surface area contributed by atoms with E-state index in [2.05, 4.69) is 20.4 Å². The van der Waals surface area contributed by atoms with Crippen molar-refractivity contribution in [2.24, 2.45) is 0 Å². The highest BCUT2D eigenvalue weighted by Gasteiger charge is 2.34. The molecule has 3 aromatic rings. The third kappa shape index (κ3) is 4.48. The van der Waals surface area contributed by atoms with Crippen molar-refractivity contribution in [1.82, 2.24) is 20.4 Å². The zero-order valence-electron chi connectivity index (χ0n) is 14.1. The summed E-state index contributed by atoms with van der Waals surface area (Å²) >= 11 is 5.81. The zero-order chi connectivity index (χ0) is 21.2. The van der Waals surface area contributed by atoms with Crippen molar-refractivity contribution in [3.63, 3.8) is 0 Å². The van der Waals surface area contributed by atoms with Gasteiger partial charge in [-0.25, -0.2) is 4.98 Å². The predicted octanol–water partition coefficient (Wildman–Crippen LogP) is 3.64. The number of aromatic nitrogens is 3. The van der Waals surface area contributed by atoms with Gasteiger partial charge in [-0.15, -0.1) is 0 Å². The number of halogens is 4. The minimum atomic E-state index is -4.75. The van der Waals surface area contributed by atoms with Gasteiger partial charge in [-0.1, -0.05) is 16.8 Å². The van der Waals surface area contributed by atoms with E-state index in [1.54, 1.807) is 0 Å². The number of rotatable bonds is 5. The maximum Gasteiger partial charge on any atom is 0.416 e. The lowest BCUT2D eigenvalue weighted by atomic mass is 10.1. The number of benzene rings is 1. The molecule has 0 radical (unpaired) electrons. The Labute approximate surface area is 164 Å². The quantitative estimate of drug-likeness (QED) is 0.374. The van der Waals surface area contributed by atoms with E-state index in [1.807, 2.05) is 0 Å². The van der Waals surface area contributed by atoms with E-state index in [0.29, 0.717) is 12.1 Å². The molecule has 0 atom stereocenters. The van der Waals surface area contributed by atoms with Crippen molar-refractivity contribution in [3.05, 3.63) is 68.7 Å². The van der Waals surface area contributed by atoms with E-state index < -0.39 is 28.3 Å². The van der Waals surface area contributed by atoms with Gasteiger partial charge in [0.25, 0.3) is 17.5 Å². The molecule has 2 aromatic heterocycles. The lowest BCUT2D eigenvalue weighted by Gasteiger charge is -2.07. The van der Waals surface area contributed by atoms with Gasteiger partial charge in [-0.05, 0) is 24.3 Å². The van der Waals surface area contributed by atoms with Gasteiger partial charge in [-0.2, -0.15) is 18.2 Å². The first-order valence-corrected chi connectivity index (χ1v) is 8.12. The van der Waals surface area contributed by atoms with Crippen LogP contribution < -0.4 is 5.32 Å². The molecule has 0 saturated heterocycles. The fourth-order valence-electron chi connectivity index (χ4n) is 2.29. The molecule has 0 spiro atoms. The minimum absolute atomic E-state index is 0.0146. The van der Waals surface area contributed by atoms with Crippen LogP contribution in [-0.4, -0.2) is 26.0 Å². The lowest BCUT2D eigenvalue weighted by Crippen LogP contribution is -2.23. The molecule has 0 bridgehead atoms. The molecule has 0 unspecified atom stereocenters. The van der Waals surface area contributed by atoms with Gasteiger partial charge in [0.2, 0.25) is 0 Å². The van der Waals surface area contributed by atoms with Crippen LogP contribution in [0.15, 0.2) is 41.1 Å². The van der Waals surface area contributed by atoms with Crippen LogP contribution in [0.2, 0.25) is 5.15 Å². The topological polar surface area (TPSA) is 124 Å². The number of nitro groups is 1. The first-order chi connectivity index (χ1) is 13.7. The molecule has 0 aliphatic rings. The van der Waals surface area contributed by atoms with Crippen LogP contribution in [0.3, 0.4) is 0 Å². The maximum atomic E-state index is 12.8. The highest BCUT2D eigenvalue weighted by Crippen LogP contribution is 2.36. The molecule has 13 heteroatoms. The first kappa shape index (κ1) is 20.2. The Balaban J connectivity index is 1.80. The van der Waals surface area contributed by atoms with Crippen LogP contribution in [0.4, 0.5) is 18.9 Å². The monoisotopic (exact) mass is 427 g/mol. The van der Waals surface area contributed by atoms with Crippen molar-refractivity contribution in [2.45, 2.75) is 12.7 Å². The molecule has 0 saturated carbocycles. The molecule has 9 nitrogen and oxygen atoms in total. The average Bonchev–Trinajstić information content (AvgIpc) is 3.14. The Kier molecular flexibility index (Phi) is 5.46. The fourth-order valence-corrected chi connectivity index (χ4v) is 2.49. The normalized spacial score (nSPS) is 11.3. The standard InChI is InChI=1S/C16H9ClF3N5O4/c17-13-10(2-1-5-21-13)14(26)22-7-12-23-15(29-24-12)9-4-3-8(16(18,19)20)6-11(9)25(27)28/h1-6H,7H2,(H,22,26). The number of amides is 1. The van der Waals surface area contributed by atoms with Gasteiger partial charge >= 0.3 is 6.18 Å². The molecule has 150 valence electrons. The molecule has 1 aromatic carbocycles. The number of carbonyl (C=O) groups excluding carboxylic acids is 1. The molecule has 1 amide bonds. The van der Waals surface area contributed by atoms with Gasteiger partial charge < -0.3 is 9.84 Å². The van der Waals surface area contributed by atoms with Crippen molar-refractivity contribution in [1.29, 1.82) is 0 Å². The Morgan fingerprint density at radius 1 is 1.31 bits per heavy atom. The van der Waals surface area contributed by atoms with E-state index in [9.17, 15) is 28.1 Å². The minimum Gasteiger partial charge on any atom is -0.345 e. The van der Waals surface area contributed by atoms with Crippen LogP contribution in [0.1, 0.15) is 21.7 Å². The zero-order valence-corrected chi connectivity index (χ0v) is 14.9. The molecule has 2 heterocycles. The van der Waals surface area contributed by atoms with Crippen LogP contribution in [0.5, 0.6) is 0 Å². The second kappa shape index (κ2) is 7.83. The highest BCUT2D eigenvalue weighted by atomic mass is 35.5. The van der Waals surface area contributed by atoms with Crippen molar-refractivity contribution < 1.29 is 27.4 Å². The summed E-state index contributed by atoms with van der Waals surface area (Å²) in [6.07, 6.45) is -3.34. The number of pyridine rings is 1. The molecule has 0 fully saturated rings. The summed E-state index contributed by atoms with van der Waals surface area (Å²) < 4.78 is 43.2. The summed E-state index contributed by atoms with van der Waals surface area (Å²) in [5.74, 6) is -0.994. The SMILES string of the molecule is O=C(NCc1noc(-c2ccc(C(F)(F)F)cc2[N+](=O)[O-])n1)c1cccnc1Cl. The summed E-state index contributed by atoms with van der Waals surface area (Å²) in [5, 5.41) is 17.2. The average molecular weight is 428 g/mol. The number of alkyl halides is 3. The number of hydrogen-bond donors (Lipinski definition) is 1. The van der Waals surface area contributed by atoms with Gasteiger partial charge in [0.15, 0.2) is 5.82 Å². The number of hydrogen-bond acceptors (Lipinski definition) is 7. The number of nitrogens with zero attached hydrogens (tertiary/aromatic N) is 4. The molecule has 3 rings (SSSR count). The van der Waals surface area contributed by atoms with Crippen LogP contribution in [-0.2, 0) is 12.7 Å². The second-order valence-corrected chi connectivity index (χ2v) is 5.89. The van der Waals surface area contributed by atoms with Crippen LogP contribution >= 0.6 is 11.6 Å². The Morgan fingerprint density at radius 2 is 2.07 bits per heavy atom. The van der Waals surface area contributed by atoms with E-state index in [0.717, 1.165) is 6.07 Å². The fraction of sp³-hybridized carbons (Fsp3) is 0.125. The molecule has 0 aliphatic carbocycles. The molecule has 0 aliphatic heterocycles. The molecular formula is C16H9ClF3N5O4. The van der Waals surface area contributed by atoms with E-state index >= 15 is 0 Å². The van der Waals surface area contributed by atoms with Crippen LogP contribution in [0.25, 0.3) is 11.5 Å². The van der Waals surface area contributed by atoms with Gasteiger partial charge in [0, 0.05) is 12.3 Å². The maximum absolute atomic E-state index is 12.8. The summed E-state index contributed by atoms with van der Waals surface area (Å²) in [5.41, 5.74) is -2.21. The van der Waals surface area contributed by atoms with E-state index in [-0.39, 0.29) is 34.5 Å². The summed E-state index contributed by atoms with van der Waals surface area (Å²) in [7, 11) is 0. The predicted molar refractivity (Wildman–Crippen MR) is 91.8 cm³/mol. The van der Waals surface area contributed by atoms with Crippen molar-refractivity contribution >= 4 is 23.2 Å². The number of carbonyl (C=O) groups is 1. The summed E-state index contributed by atoms with van der Waals surface area (Å²) in [4.78, 5) is 29.9. The summed E-state index contributed by atoms with van der Waals surface area (Å²) in [6, 6.07) is 4.87. The first-order valence-electron chi connectivity index (χ1n) is 7.74. The second-order valence-electron chi connectivity index (χ2n) is 5.53. The summed E-state index contributed by atoms with van der Waals surface area (Å²) in [6.45, 7) is -0.220. The molecular weight excluding hydrogens is 419 g/mol. The Hall–Kier alpha value is -3.54. The highest BCUT2D eigenvalue weighted by molar-refractivity contribution is 6.32. The van der Waals surface area contributed by atoms with E-state index in [1.165, 1.54) is 18.3 Å². The number of nitrogens with one attached hydrogen (secondary N) is 1. The number of nitro benzene ring substituents is 1. The van der Waals surface area contributed by atoms with Gasteiger partial charge in [-0.3, -0.25) is 14.9 Å². The lowest BCUT2D eigenvalue weighted by molar-refractivity contribution is -0.384. The Morgan fingerprint density at radius 3 is 2.72 bits per heavy atom. The third-order valence-electron chi connectivity index (χ3n) is 3.63. The van der Waals surface area contributed by atoms with Gasteiger partial charge in [0.05, 0.1) is 22.6 Å². The smallest absolute Gasteiger partial charge is 0.345 e. The largest absolute Gasteiger partial charge is 0.416 e. The third-order valence-corrected chi connectivity index (χ3v) is 3.93. The van der Waals surface area contributed by atoms with Crippen molar-refractivity contribution in [3.8, 4) is 11.5 Å². The molecule has 1 N–H and O–H groups in total. The van der Waals surface area contributed by atoms with Crippen molar-refractivity contribution in [2.75, 3.05) is 0 Å². The molecule has 29 heavy (non-hydrogen) atoms. The van der Waals surface area contributed by atoms with E-state index in [4.69, 9.17) is 16.1 Å².